The van der Waals surface area contributed by atoms with E-state index in [2.05, 4.69) is 4.98 Å². The Balaban J connectivity index is 1.64. The summed E-state index contributed by atoms with van der Waals surface area (Å²) in [5, 5.41) is 0.348. The summed E-state index contributed by atoms with van der Waals surface area (Å²) in [5.41, 5.74) is 2.10. The van der Waals surface area contributed by atoms with Gasteiger partial charge in [-0.2, -0.15) is 0 Å². The third-order valence-corrected chi connectivity index (χ3v) is 5.21. The van der Waals surface area contributed by atoms with Gasteiger partial charge in [0.25, 0.3) is 0 Å². The quantitative estimate of drug-likeness (QED) is 0.381. The van der Waals surface area contributed by atoms with Crippen LogP contribution in [0.2, 0.25) is 0 Å². The number of ether oxygens (including phenoxy) is 4. The Labute approximate surface area is 190 Å². The summed E-state index contributed by atoms with van der Waals surface area (Å²) in [6.07, 6.45) is 1.92. The third kappa shape index (κ3) is 4.98. The zero-order valence-electron chi connectivity index (χ0n) is 18.3. The molecule has 0 saturated carbocycles. The maximum atomic E-state index is 12.6. The van der Waals surface area contributed by atoms with E-state index in [-0.39, 0.29) is 17.6 Å². The lowest BCUT2D eigenvalue weighted by Crippen LogP contribution is -2.10. The molecule has 0 aliphatic heterocycles. The van der Waals surface area contributed by atoms with Gasteiger partial charge in [0.15, 0.2) is 23.2 Å². The molecule has 4 aromatic rings. The van der Waals surface area contributed by atoms with Gasteiger partial charge in [-0.25, -0.2) is 0 Å². The first kappa shape index (κ1) is 22.0. The molecule has 0 aliphatic rings. The number of aromatic nitrogens is 1. The first-order valence-electron chi connectivity index (χ1n) is 10.3. The summed E-state index contributed by atoms with van der Waals surface area (Å²) in [7, 11) is 3.22. The zero-order chi connectivity index (χ0) is 23.2. The molecule has 7 heteroatoms. The van der Waals surface area contributed by atoms with Crippen LogP contribution >= 0.6 is 0 Å². The van der Waals surface area contributed by atoms with E-state index in [0.29, 0.717) is 35.3 Å². The number of methoxy groups -OCH3 is 2. The van der Waals surface area contributed by atoms with Gasteiger partial charge in [0.05, 0.1) is 30.7 Å². The Morgan fingerprint density at radius 2 is 1.30 bits per heavy atom. The second kappa shape index (κ2) is 9.91. The summed E-state index contributed by atoms with van der Waals surface area (Å²) in [6.45, 7) is 0.560. The van der Waals surface area contributed by atoms with E-state index in [1.54, 1.807) is 26.4 Å². The highest BCUT2D eigenvalue weighted by Gasteiger charge is 2.13. The van der Waals surface area contributed by atoms with Crippen molar-refractivity contribution in [1.29, 1.82) is 0 Å². The number of hydrogen-bond acceptors (Lipinski definition) is 6. The van der Waals surface area contributed by atoms with E-state index in [1.807, 2.05) is 48.5 Å². The van der Waals surface area contributed by atoms with E-state index in [1.165, 1.54) is 6.20 Å². The zero-order valence-corrected chi connectivity index (χ0v) is 18.3. The van der Waals surface area contributed by atoms with Gasteiger partial charge >= 0.3 is 0 Å². The largest absolute Gasteiger partial charge is 0.497 e. The van der Waals surface area contributed by atoms with Crippen LogP contribution in [-0.2, 0) is 13.2 Å². The van der Waals surface area contributed by atoms with E-state index >= 15 is 0 Å². The normalized spacial score (nSPS) is 10.6. The van der Waals surface area contributed by atoms with Crippen LogP contribution in [0, 0.1) is 0 Å². The predicted molar refractivity (Wildman–Crippen MR) is 125 cm³/mol. The highest BCUT2D eigenvalue weighted by Crippen LogP contribution is 2.32. The minimum Gasteiger partial charge on any atom is -0.497 e. The van der Waals surface area contributed by atoms with Crippen LogP contribution in [0.1, 0.15) is 21.5 Å². The minimum absolute atomic E-state index is 0.0514. The highest BCUT2D eigenvalue weighted by molar-refractivity contribution is 5.87. The van der Waals surface area contributed by atoms with Crippen LogP contribution in [0.5, 0.6) is 23.0 Å². The predicted octanol–water partition coefficient (Wildman–Crippen LogP) is 4.52. The standard InChI is InChI=1S/C26H23NO6/c1-30-20-7-3-17(4-8-20)15-32-24-11-22-23(27-13-19(14-28)26(22)29)12-25(24)33-16-18-5-9-21(31-2)10-6-18/h3-14H,15-16H2,1-2H3,(H,27,29). The minimum atomic E-state index is -0.366. The molecule has 0 fully saturated rings. The van der Waals surface area contributed by atoms with Gasteiger partial charge in [-0.15, -0.1) is 0 Å². The maximum Gasteiger partial charge on any atom is 0.200 e. The second-order valence-electron chi connectivity index (χ2n) is 7.31. The third-order valence-electron chi connectivity index (χ3n) is 5.21. The fourth-order valence-electron chi connectivity index (χ4n) is 3.32. The number of H-pyrrole nitrogens is 1. The number of rotatable bonds is 9. The smallest absolute Gasteiger partial charge is 0.200 e. The summed E-state index contributed by atoms with van der Waals surface area (Å²) in [6, 6.07) is 18.3. The Morgan fingerprint density at radius 3 is 1.79 bits per heavy atom. The second-order valence-corrected chi connectivity index (χ2v) is 7.31. The van der Waals surface area contributed by atoms with Gasteiger partial charge in [0.2, 0.25) is 0 Å². The fraction of sp³-hybridized carbons (Fsp3) is 0.154. The molecule has 7 nitrogen and oxygen atoms in total. The van der Waals surface area contributed by atoms with Crippen molar-refractivity contribution in [3.63, 3.8) is 0 Å². The van der Waals surface area contributed by atoms with Crippen molar-refractivity contribution in [2.24, 2.45) is 0 Å². The van der Waals surface area contributed by atoms with Crippen molar-refractivity contribution >= 4 is 17.2 Å². The lowest BCUT2D eigenvalue weighted by Gasteiger charge is -2.15. The monoisotopic (exact) mass is 445 g/mol. The maximum absolute atomic E-state index is 12.6. The average molecular weight is 445 g/mol. The molecular formula is C26H23NO6. The molecule has 3 aromatic carbocycles. The van der Waals surface area contributed by atoms with Crippen LogP contribution in [0.25, 0.3) is 10.9 Å². The van der Waals surface area contributed by atoms with E-state index in [9.17, 15) is 9.59 Å². The van der Waals surface area contributed by atoms with Crippen molar-refractivity contribution in [2.45, 2.75) is 13.2 Å². The van der Waals surface area contributed by atoms with E-state index < -0.39 is 0 Å². The van der Waals surface area contributed by atoms with Crippen molar-refractivity contribution in [3.8, 4) is 23.0 Å². The molecule has 0 bridgehead atoms. The summed E-state index contributed by atoms with van der Waals surface area (Å²) in [5.74, 6) is 2.39. The van der Waals surface area contributed by atoms with Crippen molar-refractivity contribution in [3.05, 3.63) is 93.8 Å². The first-order valence-corrected chi connectivity index (χ1v) is 10.3. The molecular weight excluding hydrogens is 422 g/mol. The Kier molecular flexibility index (Phi) is 6.59. The van der Waals surface area contributed by atoms with E-state index in [4.69, 9.17) is 18.9 Å². The Hall–Kier alpha value is -4.26. The van der Waals surface area contributed by atoms with Crippen molar-refractivity contribution in [2.75, 3.05) is 14.2 Å². The lowest BCUT2D eigenvalue weighted by molar-refractivity contribution is 0.112. The number of fused-ring (bicyclic) bond motifs is 1. The number of pyridine rings is 1. The van der Waals surface area contributed by atoms with Gasteiger partial charge in [0.1, 0.15) is 24.7 Å². The topological polar surface area (TPSA) is 86.9 Å². The number of nitrogens with one attached hydrogen (secondary N) is 1. The van der Waals surface area contributed by atoms with E-state index in [0.717, 1.165) is 22.6 Å². The molecule has 1 heterocycles. The van der Waals surface area contributed by atoms with Gasteiger partial charge < -0.3 is 23.9 Å². The first-order chi connectivity index (χ1) is 16.1. The molecule has 0 atom stereocenters. The molecule has 0 unspecified atom stereocenters. The van der Waals surface area contributed by atoms with Gasteiger partial charge in [-0.1, -0.05) is 24.3 Å². The highest BCUT2D eigenvalue weighted by atomic mass is 16.5. The van der Waals surface area contributed by atoms with Crippen LogP contribution in [-0.4, -0.2) is 25.5 Å². The number of carbonyl (C=O) groups is 1. The van der Waals surface area contributed by atoms with Crippen LogP contribution in [0.3, 0.4) is 0 Å². The molecule has 33 heavy (non-hydrogen) atoms. The molecule has 4 rings (SSSR count). The number of benzene rings is 3. The van der Waals surface area contributed by atoms with Gasteiger partial charge in [-0.3, -0.25) is 9.59 Å². The van der Waals surface area contributed by atoms with Crippen molar-refractivity contribution < 1.29 is 23.7 Å². The average Bonchev–Trinajstić information content (AvgIpc) is 2.87. The van der Waals surface area contributed by atoms with Gasteiger partial charge in [-0.05, 0) is 41.5 Å². The SMILES string of the molecule is COc1ccc(COc2cc3[nH]cc(C=O)c(=O)c3cc2OCc2ccc(OC)cc2)cc1. The Morgan fingerprint density at radius 1 is 0.788 bits per heavy atom. The number of aldehydes is 1. The van der Waals surface area contributed by atoms with Crippen LogP contribution in [0.15, 0.2) is 71.7 Å². The molecule has 0 spiro atoms. The molecule has 0 amide bonds. The summed E-state index contributed by atoms with van der Waals surface area (Å²) in [4.78, 5) is 26.8. The number of hydrogen-bond donors (Lipinski definition) is 1. The lowest BCUT2D eigenvalue weighted by atomic mass is 10.1. The molecule has 168 valence electrons. The molecule has 1 N–H and O–H groups in total. The molecule has 1 aromatic heterocycles. The van der Waals surface area contributed by atoms with Crippen LogP contribution < -0.4 is 24.4 Å². The number of aromatic amines is 1. The summed E-state index contributed by atoms with van der Waals surface area (Å²) < 4.78 is 22.5. The number of carbonyl (C=O) groups excluding carboxylic acids is 1. The fourth-order valence-corrected chi connectivity index (χ4v) is 3.32. The van der Waals surface area contributed by atoms with Gasteiger partial charge in [0, 0.05) is 12.3 Å². The molecule has 0 radical (unpaired) electrons. The molecule has 0 saturated heterocycles. The Bertz CT molecular complexity index is 1310. The van der Waals surface area contributed by atoms with Crippen molar-refractivity contribution in [1.82, 2.24) is 4.98 Å². The summed E-state index contributed by atoms with van der Waals surface area (Å²) >= 11 is 0. The molecule has 0 aliphatic carbocycles. The van der Waals surface area contributed by atoms with Crippen LogP contribution in [0.4, 0.5) is 0 Å².